The van der Waals surface area contributed by atoms with Crippen molar-refractivity contribution in [2.24, 2.45) is 4.99 Å². The molecule has 2 unspecified atom stereocenters. The smallest absolute Gasteiger partial charge is 0.335 e. The molecule has 4 heterocycles. The van der Waals surface area contributed by atoms with Gasteiger partial charge in [-0.25, -0.2) is 14.8 Å². The van der Waals surface area contributed by atoms with Crippen LogP contribution in [0.5, 0.6) is 0 Å². The summed E-state index contributed by atoms with van der Waals surface area (Å²) in [7, 11) is 2.17. The van der Waals surface area contributed by atoms with Crippen LogP contribution >= 0.6 is 0 Å². The van der Waals surface area contributed by atoms with E-state index in [0.29, 0.717) is 6.42 Å². The molecule has 2 atom stereocenters. The van der Waals surface area contributed by atoms with E-state index in [0.717, 1.165) is 89.2 Å². The van der Waals surface area contributed by atoms with Crippen molar-refractivity contribution in [3.63, 3.8) is 0 Å². The summed E-state index contributed by atoms with van der Waals surface area (Å²) in [5.74, 6) is 1.48. The second-order valence-corrected chi connectivity index (χ2v) is 11.8. The van der Waals surface area contributed by atoms with Gasteiger partial charge in [0.15, 0.2) is 0 Å². The van der Waals surface area contributed by atoms with Crippen molar-refractivity contribution in [2.45, 2.75) is 31.8 Å². The summed E-state index contributed by atoms with van der Waals surface area (Å²) in [6, 6.07) is 13.3. The van der Waals surface area contributed by atoms with E-state index in [4.69, 9.17) is 20.1 Å². The lowest BCUT2D eigenvalue weighted by atomic mass is 9.99. The molecule has 0 radical (unpaired) electrons. The number of imidazole rings is 2. The number of H-pyrrole nitrogens is 2. The average Bonchev–Trinajstić information content (AvgIpc) is 3.76. The van der Waals surface area contributed by atoms with E-state index in [1.54, 1.807) is 24.3 Å². The van der Waals surface area contributed by atoms with Crippen LogP contribution in [-0.2, 0) is 6.42 Å². The number of carbonyl (C=O) groups is 1. The van der Waals surface area contributed by atoms with Gasteiger partial charge in [-0.3, -0.25) is 4.99 Å². The van der Waals surface area contributed by atoms with Crippen molar-refractivity contribution >= 4 is 34.1 Å². The first-order valence-corrected chi connectivity index (χ1v) is 15.1. The normalized spacial score (nSPS) is 19.9. The van der Waals surface area contributed by atoms with Gasteiger partial charge in [0.2, 0.25) is 0 Å². The molecule has 0 amide bonds. The molecule has 10 heteroatoms. The number of hydrogen-bond donors (Lipinski definition) is 4. The largest absolute Gasteiger partial charge is 0.478 e. The molecule has 2 aromatic heterocycles. The van der Waals surface area contributed by atoms with Crippen LogP contribution in [0.1, 0.15) is 34.0 Å². The van der Waals surface area contributed by atoms with Crippen LogP contribution in [0, 0.1) is 6.92 Å². The molecule has 1 saturated heterocycles. The summed E-state index contributed by atoms with van der Waals surface area (Å²) in [4.78, 5) is 37.4. The lowest BCUT2D eigenvalue weighted by Gasteiger charge is -2.34. The first kappa shape index (κ1) is 27.8. The van der Waals surface area contributed by atoms with E-state index < -0.39 is 5.97 Å². The number of carboxylic acids is 1. The number of fused-ring (bicyclic) bond motifs is 2. The summed E-state index contributed by atoms with van der Waals surface area (Å²) in [6.07, 6.45) is 7.88. The molecular formula is C34H36N8O2. The van der Waals surface area contributed by atoms with Crippen molar-refractivity contribution < 1.29 is 9.90 Å². The fraction of sp³-hybridized carbons (Fsp3) is 0.294. The standard InChI is InChI=1S/C34H36N8O2/c1-20(4-11-26-21(2)35-32(36-26)22-5-7-23(8-6-22)34(43)44)31-37-27-12-9-24(18-29(27)39-31)33-38-28-13-10-25(19-30(28)40-33)42-16-14-41(3)15-17-42/h5-10,12-13,18-19,27,29H,1,4,11,14-17H2,2-3H3,(H,35,36)(H,37,39)(H,38,40)(H,43,44). The average molecular weight is 589 g/mol. The Morgan fingerprint density at radius 3 is 2.61 bits per heavy atom. The number of aryl methyl sites for hydroxylation is 2. The Balaban J connectivity index is 0.988. The number of allylic oxidation sites excluding steroid dienone is 2. The highest BCUT2D eigenvalue weighted by molar-refractivity contribution is 6.00. The Kier molecular flexibility index (Phi) is 7.14. The second-order valence-electron chi connectivity index (χ2n) is 11.8. The molecule has 1 aliphatic carbocycles. The van der Waals surface area contributed by atoms with Gasteiger partial charge in [-0.15, -0.1) is 0 Å². The molecular weight excluding hydrogens is 552 g/mol. The van der Waals surface area contributed by atoms with E-state index >= 15 is 0 Å². The lowest BCUT2D eigenvalue weighted by molar-refractivity contribution is 0.0697. The highest BCUT2D eigenvalue weighted by Gasteiger charge is 2.29. The molecule has 1 fully saturated rings. The minimum atomic E-state index is -0.943. The Morgan fingerprint density at radius 1 is 1.05 bits per heavy atom. The Morgan fingerprint density at radius 2 is 1.84 bits per heavy atom. The molecule has 2 aromatic carbocycles. The SMILES string of the molecule is C=C(CCc1nc(-c2ccc(C(=O)O)cc2)[nH]c1C)C1=NC2C=CC(c3nc4ccc(N5CCN(C)CC5)cc4[nH]3)=CC2N1. The maximum absolute atomic E-state index is 11.2. The molecule has 0 bridgehead atoms. The predicted octanol–water partition coefficient (Wildman–Crippen LogP) is 4.59. The van der Waals surface area contributed by atoms with Gasteiger partial charge in [0.1, 0.15) is 17.5 Å². The van der Waals surface area contributed by atoms with E-state index in [2.05, 4.69) is 75.1 Å². The number of amidine groups is 1. The maximum atomic E-state index is 11.2. The number of likely N-dealkylation sites (N-methyl/N-ethyl adjacent to an activating group) is 1. The fourth-order valence-corrected chi connectivity index (χ4v) is 6.05. The van der Waals surface area contributed by atoms with Gasteiger partial charge in [0.25, 0.3) is 0 Å². The number of aromatic carboxylic acids is 1. The van der Waals surface area contributed by atoms with E-state index in [1.807, 2.05) is 6.92 Å². The number of nitrogens with one attached hydrogen (secondary N) is 3. The Labute approximate surface area is 255 Å². The van der Waals surface area contributed by atoms with Gasteiger partial charge in [-0.05, 0) is 68.8 Å². The molecule has 4 aromatic rings. The summed E-state index contributed by atoms with van der Waals surface area (Å²) < 4.78 is 0. The summed E-state index contributed by atoms with van der Waals surface area (Å²) >= 11 is 0. The number of piperazine rings is 1. The molecule has 4 N–H and O–H groups in total. The topological polar surface area (TPSA) is 126 Å². The molecule has 44 heavy (non-hydrogen) atoms. The zero-order chi connectivity index (χ0) is 30.4. The van der Waals surface area contributed by atoms with Gasteiger partial charge < -0.3 is 30.2 Å². The zero-order valence-electron chi connectivity index (χ0n) is 25.0. The van der Waals surface area contributed by atoms with Crippen molar-refractivity contribution in [3.05, 3.63) is 95.6 Å². The summed E-state index contributed by atoms with van der Waals surface area (Å²) in [6.45, 7) is 10.6. The number of aromatic amines is 2. The van der Waals surface area contributed by atoms with Gasteiger partial charge in [0, 0.05) is 48.7 Å². The monoisotopic (exact) mass is 588 g/mol. The number of nitrogens with zero attached hydrogens (tertiary/aromatic N) is 5. The zero-order valence-corrected chi connectivity index (χ0v) is 25.0. The second kappa shape index (κ2) is 11.3. The van der Waals surface area contributed by atoms with Crippen LogP contribution < -0.4 is 10.2 Å². The minimum Gasteiger partial charge on any atom is -0.478 e. The van der Waals surface area contributed by atoms with Crippen LogP contribution in [0.3, 0.4) is 0 Å². The third kappa shape index (κ3) is 5.44. The third-order valence-corrected chi connectivity index (χ3v) is 8.78. The van der Waals surface area contributed by atoms with Crippen LogP contribution in [0.15, 0.2) is 77.8 Å². The van der Waals surface area contributed by atoms with Crippen LogP contribution in [0.25, 0.3) is 28.0 Å². The first-order chi connectivity index (χ1) is 21.3. The maximum Gasteiger partial charge on any atom is 0.335 e. The molecule has 7 rings (SSSR count). The van der Waals surface area contributed by atoms with Crippen molar-refractivity contribution in [1.29, 1.82) is 0 Å². The molecule has 224 valence electrons. The number of aliphatic imine (C=N–C) groups is 1. The van der Waals surface area contributed by atoms with Crippen LogP contribution in [0.2, 0.25) is 0 Å². The van der Waals surface area contributed by atoms with E-state index in [9.17, 15) is 4.79 Å². The quantitative estimate of drug-likeness (QED) is 0.237. The highest BCUT2D eigenvalue weighted by atomic mass is 16.4. The number of benzene rings is 2. The molecule has 3 aliphatic rings. The van der Waals surface area contributed by atoms with Crippen molar-refractivity contribution in [1.82, 2.24) is 30.2 Å². The van der Waals surface area contributed by atoms with Crippen molar-refractivity contribution in [3.8, 4) is 11.4 Å². The first-order valence-electron chi connectivity index (χ1n) is 15.1. The predicted molar refractivity (Wildman–Crippen MR) is 174 cm³/mol. The number of anilines is 1. The minimum absolute atomic E-state index is 0.0196. The number of hydrogen-bond acceptors (Lipinski definition) is 7. The van der Waals surface area contributed by atoms with E-state index in [-0.39, 0.29) is 17.6 Å². The van der Waals surface area contributed by atoms with Gasteiger partial charge in [-0.2, -0.15) is 0 Å². The van der Waals surface area contributed by atoms with E-state index in [1.165, 1.54) is 5.69 Å². The third-order valence-electron chi connectivity index (χ3n) is 8.78. The fourth-order valence-electron chi connectivity index (χ4n) is 6.05. The van der Waals surface area contributed by atoms with Crippen LogP contribution in [0.4, 0.5) is 5.69 Å². The number of aromatic nitrogens is 4. The lowest BCUT2D eigenvalue weighted by Crippen LogP contribution is -2.44. The molecule has 0 saturated carbocycles. The van der Waals surface area contributed by atoms with Gasteiger partial charge >= 0.3 is 5.97 Å². The molecule has 0 spiro atoms. The van der Waals surface area contributed by atoms with Crippen molar-refractivity contribution in [2.75, 3.05) is 38.1 Å². The number of carboxylic acid groups (broad SMARTS) is 1. The summed E-state index contributed by atoms with van der Waals surface area (Å²) in [5.41, 5.74) is 8.29. The van der Waals surface area contributed by atoms with Crippen LogP contribution in [-0.4, -0.2) is 87.1 Å². The Bertz CT molecular complexity index is 1840. The highest BCUT2D eigenvalue weighted by Crippen LogP contribution is 2.29. The molecule has 10 nitrogen and oxygen atoms in total. The van der Waals surface area contributed by atoms with Gasteiger partial charge in [0.05, 0.1) is 34.4 Å². The Hall–Kier alpha value is -4.96. The molecule has 2 aliphatic heterocycles. The number of rotatable bonds is 8. The summed E-state index contributed by atoms with van der Waals surface area (Å²) in [5, 5.41) is 12.7. The van der Waals surface area contributed by atoms with Gasteiger partial charge in [-0.1, -0.05) is 30.9 Å².